The number of carbonyl (C=O) groups excluding carboxylic acids is 1. The third kappa shape index (κ3) is 4.35. The minimum Gasteiger partial charge on any atom is -0.431 e. The number of nitrogens with zero attached hydrogens (tertiary/aromatic N) is 1. The Balaban J connectivity index is 1.39. The van der Waals surface area contributed by atoms with E-state index in [1.54, 1.807) is 11.8 Å². The number of anilines is 1. The van der Waals surface area contributed by atoms with Crippen molar-refractivity contribution in [2.45, 2.75) is 31.7 Å². The van der Waals surface area contributed by atoms with Crippen molar-refractivity contribution in [1.29, 1.82) is 0 Å². The Morgan fingerprint density at radius 2 is 1.76 bits per heavy atom. The maximum atomic E-state index is 12.5. The lowest BCUT2D eigenvalue weighted by Crippen LogP contribution is -2.12. The Morgan fingerprint density at radius 1 is 0.966 bits per heavy atom. The lowest BCUT2D eigenvalue weighted by atomic mass is 10.1. The molecule has 0 saturated heterocycles. The minimum absolute atomic E-state index is 0.109. The Hall–Kier alpha value is -3.05. The van der Waals surface area contributed by atoms with Gasteiger partial charge in [-0.05, 0) is 73.4 Å². The first kappa shape index (κ1) is 19.3. The molecule has 5 heteroatoms. The van der Waals surface area contributed by atoms with E-state index in [-0.39, 0.29) is 5.91 Å². The maximum Gasteiger partial charge on any atom is 0.257 e. The fourth-order valence-corrected chi connectivity index (χ4v) is 3.83. The van der Waals surface area contributed by atoms with Crippen molar-refractivity contribution in [3.05, 3.63) is 88.5 Å². The van der Waals surface area contributed by atoms with E-state index in [1.165, 1.54) is 5.56 Å². The molecule has 1 N–H and O–H groups in total. The summed E-state index contributed by atoms with van der Waals surface area (Å²) in [5.41, 5.74) is 7.75. The van der Waals surface area contributed by atoms with Gasteiger partial charge in [-0.15, -0.1) is 0 Å². The highest BCUT2D eigenvalue weighted by Crippen LogP contribution is 2.27. The first-order chi connectivity index (χ1) is 14.0. The molecular formula is C24H22N2O2S. The average molecular weight is 403 g/mol. The quantitative estimate of drug-likeness (QED) is 0.398. The van der Waals surface area contributed by atoms with Gasteiger partial charge < -0.3 is 9.73 Å². The van der Waals surface area contributed by atoms with Crippen LogP contribution in [-0.4, -0.2) is 10.9 Å². The van der Waals surface area contributed by atoms with Crippen molar-refractivity contribution < 1.29 is 9.21 Å². The third-order valence-electron chi connectivity index (χ3n) is 4.94. The van der Waals surface area contributed by atoms with Crippen LogP contribution < -0.4 is 5.32 Å². The zero-order valence-corrected chi connectivity index (χ0v) is 17.5. The number of hydrogen-bond acceptors (Lipinski definition) is 4. The highest BCUT2D eigenvalue weighted by Gasteiger charge is 2.10. The average Bonchev–Trinajstić information content (AvgIpc) is 3.14. The van der Waals surface area contributed by atoms with E-state index in [2.05, 4.69) is 17.2 Å². The summed E-state index contributed by atoms with van der Waals surface area (Å²) in [6.07, 6.45) is 0. The number of oxazole rings is 1. The summed E-state index contributed by atoms with van der Waals surface area (Å²) in [7, 11) is 0. The van der Waals surface area contributed by atoms with Gasteiger partial charge in [-0.25, -0.2) is 4.98 Å². The predicted molar refractivity (Wildman–Crippen MR) is 119 cm³/mol. The zero-order chi connectivity index (χ0) is 20.4. The standard InChI is InChI=1S/C24H22N2O2S/c1-15-7-12-20(13-17(15)3)25-23(27)19-10-8-18(9-11-19)14-29-24-26-22-16(2)5-4-6-21(22)28-24/h4-13H,14H2,1-3H3,(H,25,27). The Bertz CT molecular complexity index is 1180. The smallest absolute Gasteiger partial charge is 0.257 e. The van der Waals surface area contributed by atoms with E-state index in [9.17, 15) is 4.79 Å². The van der Waals surface area contributed by atoms with Crippen LogP contribution in [0, 0.1) is 20.8 Å². The lowest BCUT2D eigenvalue weighted by Gasteiger charge is -2.08. The summed E-state index contributed by atoms with van der Waals surface area (Å²) in [4.78, 5) is 17.1. The molecule has 0 saturated carbocycles. The molecule has 1 aromatic heterocycles. The molecule has 0 spiro atoms. The van der Waals surface area contributed by atoms with Crippen LogP contribution >= 0.6 is 11.8 Å². The molecule has 0 radical (unpaired) electrons. The monoisotopic (exact) mass is 402 g/mol. The van der Waals surface area contributed by atoms with Crippen LogP contribution in [0.2, 0.25) is 0 Å². The highest BCUT2D eigenvalue weighted by atomic mass is 32.2. The van der Waals surface area contributed by atoms with E-state index in [0.29, 0.717) is 10.8 Å². The van der Waals surface area contributed by atoms with Gasteiger partial charge in [0.1, 0.15) is 5.52 Å². The number of thioether (sulfide) groups is 1. The Labute approximate surface area is 174 Å². The fraction of sp³-hybridized carbons (Fsp3) is 0.167. The van der Waals surface area contributed by atoms with Crippen LogP contribution in [0.3, 0.4) is 0 Å². The van der Waals surface area contributed by atoms with Gasteiger partial charge in [0.15, 0.2) is 5.58 Å². The summed E-state index contributed by atoms with van der Waals surface area (Å²) >= 11 is 1.55. The van der Waals surface area contributed by atoms with E-state index in [0.717, 1.165) is 39.2 Å². The number of aromatic nitrogens is 1. The van der Waals surface area contributed by atoms with Crippen molar-refractivity contribution in [1.82, 2.24) is 4.98 Å². The largest absolute Gasteiger partial charge is 0.431 e. The van der Waals surface area contributed by atoms with Gasteiger partial charge >= 0.3 is 0 Å². The van der Waals surface area contributed by atoms with Crippen LogP contribution in [0.1, 0.15) is 32.6 Å². The number of hydrogen-bond donors (Lipinski definition) is 1. The summed E-state index contributed by atoms with van der Waals surface area (Å²) in [5.74, 6) is 0.618. The second kappa shape index (κ2) is 8.13. The third-order valence-corrected chi connectivity index (χ3v) is 5.84. The van der Waals surface area contributed by atoms with E-state index >= 15 is 0 Å². The van der Waals surface area contributed by atoms with Gasteiger partial charge in [-0.2, -0.15) is 0 Å². The van der Waals surface area contributed by atoms with Gasteiger partial charge in [0.2, 0.25) is 0 Å². The topological polar surface area (TPSA) is 55.1 Å². The molecule has 4 nitrogen and oxygen atoms in total. The number of carbonyl (C=O) groups is 1. The van der Waals surface area contributed by atoms with E-state index in [1.807, 2.05) is 74.5 Å². The molecule has 146 valence electrons. The molecule has 1 amide bonds. The molecule has 4 aromatic rings. The van der Waals surface area contributed by atoms with Crippen molar-refractivity contribution >= 4 is 34.5 Å². The maximum absolute atomic E-state index is 12.5. The lowest BCUT2D eigenvalue weighted by molar-refractivity contribution is 0.102. The number of para-hydroxylation sites is 1. The molecule has 0 aliphatic heterocycles. The number of amides is 1. The van der Waals surface area contributed by atoms with Crippen LogP contribution in [0.25, 0.3) is 11.1 Å². The molecular weight excluding hydrogens is 380 g/mol. The van der Waals surface area contributed by atoms with Crippen molar-refractivity contribution in [2.24, 2.45) is 0 Å². The van der Waals surface area contributed by atoms with Crippen molar-refractivity contribution in [3.8, 4) is 0 Å². The SMILES string of the molecule is Cc1ccc(NC(=O)c2ccc(CSc3nc4c(C)cccc4o3)cc2)cc1C. The number of rotatable bonds is 5. The highest BCUT2D eigenvalue weighted by molar-refractivity contribution is 7.98. The summed E-state index contributed by atoms with van der Waals surface area (Å²) in [5, 5.41) is 3.61. The minimum atomic E-state index is -0.109. The normalized spacial score (nSPS) is 11.0. The summed E-state index contributed by atoms with van der Waals surface area (Å²) < 4.78 is 5.80. The predicted octanol–water partition coefficient (Wildman–Crippen LogP) is 6.30. The van der Waals surface area contributed by atoms with Crippen LogP contribution in [0.4, 0.5) is 5.69 Å². The van der Waals surface area contributed by atoms with Gasteiger partial charge in [0, 0.05) is 17.0 Å². The van der Waals surface area contributed by atoms with Gasteiger partial charge in [0.25, 0.3) is 11.1 Å². The number of aryl methyl sites for hydroxylation is 3. The fourth-order valence-electron chi connectivity index (χ4n) is 3.05. The van der Waals surface area contributed by atoms with Crippen molar-refractivity contribution in [2.75, 3.05) is 5.32 Å². The molecule has 4 rings (SSSR count). The van der Waals surface area contributed by atoms with Gasteiger partial charge in [0.05, 0.1) is 0 Å². The first-order valence-electron chi connectivity index (χ1n) is 9.46. The van der Waals surface area contributed by atoms with Crippen LogP contribution in [0.15, 0.2) is 70.3 Å². The molecule has 1 heterocycles. The Kier molecular flexibility index (Phi) is 5.41. The molecule has 29 heavy (non-hydrogen) atoms. The number of fused-ring (bicyclic) bond motifs is 1. The Morgan fingerprint density at radius 3 is 2.48 bits per heavy atom. The van der Waals surface area contributed by atoms with Crippen LogP contribution in [-0.2, 0) is 5.75 Å². The molecule has 0 unspecified atom stereocenters. The number of benzene rings is 3. The van der Waals surface area contributed by atoms with Gasteiger partial charge in [-0.3, -0.25) is 4.79 Å². The summed E-state index contributed by atoms with van der Waals surface area (Å²) in [6.45, 7) is 6.12. The second-order valence-corrected chi connectivity index (χ2v) is 8.07. The molecule has 0 atom stereocenters. The molecule has 0 bridgehead atoms. The molecule has 0 aliphatic carbocycles. The first-order valence-corrected chi connectivity index (χ1v) is 10.4. The second-order valence-electron chi connectivity index (χ2n) is 7.14. The van der Waals surface area contributed by atoms with E-state index < -0.39 is 0 Å². The van der Waals surface area contributed by atoms with E-state index in [4.69, 9.17) is 4.42 Å². The zero-order valence-electron chi connectivity index (χ0n) is 16.7. The molecule has 0 fully saturated rings. The van der Waals surface area contributed by atoms with Gasteiger partial charge in [-0.1, -0.05) is 42.1 Å². The van der Waals surface area contributed by atoms with Crippen LogP contribution in [0.5, 0.6) is 0 Å². The molecule has 0 aliphatic rings. The molecule has 3 aromatic carbocycles. The van der Waals surface area contributed by atoms with Crippen molar-refractivity contribution in [3.63, 3.8) is 0 Å². The summed E-state index contributed by atoms with van der Waals surface area (Å²) in [6, 6.07) is 19.5. The number of nitrogens with one attached hydrogen (secondary N) is 1.